The average molecular weight is 357 g/mol. The average Bonchev–Trinajstić information content (AvgIpc) is 2.98. The minimum atomic E-state index is 0.663. The van der Waals surface area contributed by atoms with Crippen LogP contribution in [-0.2, 0) is 13.1 Å². The van der Waals surface area contributed by atoms with E-state index in [0.29, 0.717) is 6.04 Å². The number of hydrogen-bond donors (Lipinski definition) is 1. The molecule has 0 saturated carbocycles. The van der Waals surface area contributed by atoms with Crippen LogP contribution in [0, 0.1) is 12.8 Å². The molecule has 1 aliphatic heterocycles. The molecule has 1 aromatic heterocycles. The fourth-order valence-corrected chi connectivity index (χ4v) is 3.49. The van der Waals surface area contributed by atoms with E-state index in [1.54, 1.807) is 0 Å². The van der Waals surface area contributed by atoms with Crippen molar-refractivity contribution in [1.29, 1.82) is 0 Å². The Morgan fingerprint density at radius 1 is 1.43 bits per heavy atom. The van der Waals surface area contributed by atoms with Gasteiger partial charge in [-0.1, -0.05) is 13.8 Å². The Labute approximate surface area is 137 Å². The second-order valence-electron chi connectivity index (χ2n) is 6.48. The quantitative estimate of drug-likeness (QED) is 0.814. The van der Waals surface area contributed by atoms with Crippen LogP contribution in [0.4, 0.5) is 0 Å². The third-order valence-electron chi connectivity index (χ3n) is 4.24. The van der Waals surface area contributed by atoms with E-state index in [1.807, 2.05) is 0 Å². The lowest BCUT2D eigenvalue weighted by molar-refractivity contribution is 0.230. The minimum Gasteiger partial charge on any atom is -0.315 e. The molecule has 4 nitrogen and oxygen atoms in total. The van der Waals surface area contributed by atoms with Crippen molar-refractivity contribution in [2.24, 2.45) is 5.92 Å². The molecular formula is C16H29BrN4. The van der Waals surface area contributed by atoms with Crippen LogP contribution >= 0.6 is 15.9 Å². The van der Waals surface area contributed by atoms with Gasteiger partial charge in [-0.2, -0.15) is 5.10 Å². The SMILES string of the molecule is CCn1nc(C)c(Br)c1CN1CCCC1CNCC(C)C. The number of likely N-dealkylation sites (tertiary alicyclic amines) is 1. The molecule has 1 aliphatic rings. The summed E-state index contributed by atoms with van der Waals surface area (Å²) in [6, 6.07) is 0.663. The molecule has 0 amide bonds. The highest BCUT2D eigenvalue weighted by Gasteiger charge is 2.26. The van der Waals surface area contributed by atoms with Crippen LogP contribution in [0.2, 0.25) is 0 Å². The van der Waals surface area contributed by atoms with Crippen molar-refractivity contribution in [1.82, 2.24) is 20.0 Å². The van der Waals surface area contributed by atoms with Crippen LogP contribution < -0.4 is 5.32 Å². The molecule has 0 aromatic carbocycles. The number of nitrogens with zero attached hydrogens (tertiary/aromatic N) is 3. The van der Waals surface area contributed by atoms with Crippen LogP contribution in [0.5, 0.6) is 0 Å². The molecule has 1 fully saturated rings. The third kappa shape index (κ3) is 4.30. The predicted octanol–water partition coefficient (Wildman–Crippen LogP) is 3.18. The number of hydrogen-bond acceptors (Lipinski definition) is 3. The first kappa shape index (κ1) is 17.0. The molecule has 1 aromatic rings. The summed E-state index contributed by atoms with van der Waals surface area (Å²) in [5, 5.41) is 8.22. The molecule has 2 heterocycles. The van der Waals surface area contributed by atoms with Crippen molar-refractivity contribution in [2.75, 3.05) is 19.6 Å². The maximum Gasteiger partial charge on any atom is 0.0739 e. The van der Waals surface area contributed by atoms with Crippen molar-refractivity contribution < 1.29 is 0 Å². The molecular weight excluding hydrogens is 328 g/mol. The van der Waals surface area contributed by atoms with Gasteiger partial charge in [0.25, 0.3) is 0 Å². The van der Waals surface area contributed by atoms with Crippen LogP contribution in [0.1, 0.15) is 45.0 Å². The van der Waals surface area contributed by atoms with E-state index in [9.17, 15) is 0 Å². The molecule has 0 radical (unpaired) electrons. The lowest BCUT2D eigenvalue weighted by atomic mass is 10.2. The topological polar surface area (TPSA) is 33.1 Å². The molecule has 0 bridgehead atoms. The summed E-state index contributed by atoms with van der Waals surface area (Å²) in [6.07, 6.45) is 2.62. The van der Waals surface area contributed by atoms with Gasteiger partial charge in [-0.15, -0.1) is 0 Å². The molecule has 21 heavy (non-hydrogen) atoms. The fourth-order valence-electron chi connectivity index (χ4n) is 3.09. The highest BCUT2D eigenvalue weighted by Crippen LogP contribution is 2.26. The largest absolute Gasteiger partial charge is 0.315 e. The second-order valence-corrected chi connectivity index (χ2v) is 7.27. The van der Waals surface area contributed by atoms with Crippen molar-refractivity contribution in [3.63, 3.8) is 0 Å². The Morgan fingerprint density at radius 3 is 2.86 bits per heavy atom. The number of nitrogens with one attached hydrogen (secondary N) is 1. The fraction of sp³-hybridized carbons (Fsp3) is 0.812. The molecule has 1 saturated heterocycles. The molecule has 120 valence electrons. The van der Waals surface area contributed by atoms with Gasteiger partial charge in [-0.3, -0.25) is 9.58 Å². The number of halogens is 1. The number of aromatic nitrogens is 2. The van der Waals surface area contributed by atoms with Crippen molar-refractivity contribution in [2.45, 2.75) is 59.7 Å². The molecule has 5 heteroatoms. The Morgan fingerprint density at radius 2 is 2.19 bits per heavy atom. The highest BCUT2D eigenvalue weighted by molar-refractivity contribution is 9.10. The van der Waals surface area contributed by atoms with E-state index in [4.69, 9.17) is 0 Å². The molecule has 1 N–H and O–H groups in total. The van der Waals surface area contributed by atoms with E-state index in [0.717, 1.165) is 37.8 Å². The van der Waals surface area contributed by atoms with E-state index >= 15 is 0 Å². The Hall–Kier alpha value is -0.390. The zero-order chi connectivity index (χ0) is 15.4. The van der Waals surface area contributed by atoms with Gasteiger partial charge < -0.3 is 5.32 Å². The summed E-state index contributed by atoms with van der Waals surface area (Å²) in [7, 11) is 0. The summed E-state index contributed by atoms with van der Waals surface area (Å²) >= 11 is 3.72. The van der Waals surface area contributed by atoms with Crippen molar-refractivity contribution >= 4 is 15.9 Å². The van der Waals surface area contributed by atoms with Crippen LogP contribution in [-0.4, -0.2) is 40.4 Å². The van der Waals surface area contributed by atoms with Crippen molar-refractivity contribution in [3.05, 3.63) is 15.9 Å². The Balaban J connectivity index is 1.98. The maximum atomic E-state index is 4.61. The predicted molar refractivity (Wildman–Crippen MR) is 91.5 cm³/mol. The summed E-state index contributed by atoms with van der Waals surface area (Å²) in [5.41, 5.74) is 2.42. The summed E-state index contributed by atoms with van der Waals surface area (Å²) in [4.78, 5) is 2.61. The van der Waals surface area contributed by atoms with Gasteiger partial charge in [0.05, 0.1) is 15.9 Å². The van der Waals surface area contributed by atoms with Gasteiger partial charge in [-0.25, -0.2) is 0 Å². The van der Waals surface area contributed by atoms with Gasteiger partial charge >= 0.3 is 0 Å². The summed E-state index contributed by atoms with van der Waals surface area (Å²) < 4.78 is 3.32. The van der Waals surface area contributed by atoms with E-state index < -0.39 is 0 Å². The number of rotatable bonds is 7. The highest BCUT2D eigenvalue weighted by atomic mass is 79.9. The van der Waals surface area contributed by atoms with Crippen LogP contribution in [0.3, 0.4) is 0 Å². The molecule has 0 spiro atoms. The molecule has 1 unspecified atom stereocenters. The zero-order valence-electron chi connectivity index (χ0n) is 13.8. The summed E-state index contributed by atoms with van der Waals surface area (Å²) in [5.74, 6) is 0.721. The summed E-state index contributed by atoms with van der Waals surface area (Å²) in [6.45, 7) is 14.1. The first-order valence-corrected chi connectivity index (χ1v) is 8.98. The normalized spacial score (nSPS) is 19.8. The minimum absolute atomic E-state index is 0.663. The first-order valence-electron chi connectivity index (χ1n) is 8.19. The zero-order valence-corrected chi connectivity index (χ0v) is 15.4. The monoisotopic (exact) mass is 356 g/mol. The van der Waals surface area contributed by atoms with E-state index in [2.05, 4.69) is 63.6 Å². The molecule has 2 rings (SSSR count). The Kier molecular flexibility index (Phi) is 6.26. The second kappa shape index (κ2) is 7.75. The van der Waals surface area contributed by atoms with Crippen LogP contribution in [0.15, 0.2) is 4.47 Å². The van der Waals surface area contributed by atoms with Gasteiger partial charge in [0.15, 0.2) is 0 Å². The standard InChI is InChI=1S/C16H29BrN4/c1-5-21-15(16(17)13(4)19-21)11-20-8-6-7-14(20)10-18-9-12(2)3/h12,14,18H,5-11H2,1-4H3. The van der Waals surface area contributed by atoms with Gasteiger partial charge in [-0.05, 0) is 61.6 Å². The lowest BCUT2D eigenvalue weighted by Crippen LogP contribution is -2.39. The van der Waals surface area contributed by atoms with Crippen LogP contribution in [0.25, 0.3) is 0 Å². The van der Waals surface area contributed by atoms with E-state index in [-0.39, 0.29) is 0 Å². The molecule has 0 aliphatic carbocycles. The van der Waals surface area contributed by atoms with Crippen molar-refractivity contribution in [3.8, 4) is 0 Å². The van der Waals surface area contributed by atoms with Gasteiger partial charge in [0.1, 0.15) is 0 Å². The Bertz CT molecular complexity index is 455. The smallest absolute Gasteiger partial charge is 0.0739 e. The maximum absolute atomic E-state index is 4.61. The van der Waals surface area contributed by atoms with Gasteiger partial charge in [0.2, 0.25) is 0 Å². The number of aryl methyl sites for hydroxylation is 2. The van der Waals surface area contributed by atoms with E-state index in [1.165, 1.54) is 29.6 Å². The first-order chi connectivity index (χ1) is 10.0. The molecule has 1 atom stereocenters. The third-order valence-corrected chi connectivity index (χ3v) is 5.27. The lowest BCUT2D eigenvalue weighted by Gasteiger charge is -2.25. The van der Waals surface area contributed by atoms with Gasteiger partial charge in [0, 0.05) is 25.7 Å².